The average molecular weight is 265 g/mol. The summed E-state index contributed by atoms with van der Waals surface area (Å²) in [4.78, 5) is 0. The molecule has 2 aliphatic carbocycles. The van der Waals surface area contributed by atoms with Crippen molar-refractivity contribution in [2.24, 2.45) is 16.7 Å². The van der Waals surface area contributed by atoms with Crippen LogP contribution in [0.25, 0.3) is 0 Å². The second kappa shape index (κ2) is 4.75. The Balaban J connectivity index is 2.06. The monoisotopic (exact) mass is 265 g/mol. The summed E-state index contributed by atoms with van der Waals surface area (Å²) in [7, 11) is 1.68. The maximum absolute atomic E-state index is 10.8. The molecule has 0 heterocycles. The molecule has 2 aliphatic rings. The van der Waals surface area contributed by atoms with Crippen molar-refractivity contribution in [1.82, 2.24) is 0 Å². The van der Waals surface area contributed by atoms with Crippen molar-refractivity contribution in [2.45, 2.75) is 71.0 Å². The normalized spacial score (nSPS) is 43.4. The van der Waals surface area contributed by atoms with Crippen molar-refractivity contribution in [1.29, 1.82) is 5.26 Å². The van der Waals surface area contributed by atoms with E-state index >= 15 is 0 Å². The molecule has 1 N–H and O–H groups in total. The van der Waals surface area contributed by atoms with Crippen molar-refractivity contribution >= 4 is 0 Å². The third kappa shape index (κ3) is 2.41. The number of nitriles is 1. The molecule has 108 valence electrons. The minimum Gasteiger partial charge on any atom is -0.388 e. The standard InChI is InChI=1S/C16H27NO2/c1-14(2,3)12-5-7-15(11-17,8-6-12)16(18)9-13(10-16)19-4/h12-13,18H,5-10H2,1-4H3. The second-order valence-electron chi connectivity index (χ2n) is 7.63. The molecule has 3 nitrogen and oxygen atoms in total. The highest BCUT2D eigenvalue weighted by Crippen LogP contribution is 2.56. The zero-order valence-corrected chi connectivity index (χ0v) is 12.7. The molecule has 0 bridgehead atoms. The first kappa shape index (κ1) is 14.8. The quantitative estimate of drug-likeness (QED) is 0.833. The first-order valence-electron chi connectivity index (χ1n) is 7.43. The Bertz CT molecular complexity index is 363. The van der Waals surface area contributed by atoms with Gasteiger partial charge in [-0.15, -0.1) is 0 Å². The van der Waals surface area contributed by atoms with Crippen LogP contribution in [0.2, 0.25) is 0 Å². The van der Waals surface area contributed by atoms with Crippen molar-refractivity contribution in [3.63, 3.8) is 0 Å². The number of hydrogen-bond acceptors (Lipinski definition) is 3. The highest BCUT2D eigenvalue weighted by atomic mass is 16.5. The Hall–Kier alpha value is -0.590. The van der Waals surface area contributed by atoms with Gasteiger partial charge < -0.3 is 9.84 Å². The van der Waals surface area contributed by atoms with Crippen LogP contribution in [-0.2, 0) is 4.74 Å². The summed E-state index contributed by atoms with van der Waals surface area (Å²) in [6.45, 7) is 6.82. The summed E-state index contributed by atoms with van der Waals surface area (Å²) < 4.78 is 5.27. The lowest BCUT2D eigenvalue weighted by molar-refractivity contribution is -0.191. The van der Waals surface area contributed by atoms with Gasteiger partial charge in [-0.05, 0) is 37.0 Å². The summed E-state index contributed by atoms with van der Waals surface area (Å²) in [5.41, 5.74) is -1.05. The number of rotatable bonds is 2. The zero-order chi connectivity index (χ0) is 14.3. The minimum absolute atomic E-state index is 0.135. The molecular weight excluding hydrogens is 238 g/mol. The van der Waals surface area contributed by atoms with Crippen LogP contribution in [0.15, 0.2) is 0 Å². The van der Waals surface area contributed by atoms with Gasteiger partial charge in [-0.3, -0.25) is 0 Å². The Morgan fingerprint density at radius 2 is 1.74 bits per heavy atom. The molecule has 0 aromatic carbocycles. The van der Waals surface area contributed by atoms with Gasteiger partial charge in [0.1, 0.15) is 0 Å². The van der Waals surface area contributed by atoms with Crippen LogP contribution in [0, 0.1) is 28.1 Å². The van der Waals surface area contributed by atoms with Gasteiger partial charge in [0.15, 0.2) is 0 Å². The van der Waals surface area contributed by atoms with Crippen molar-refractivity contribution < 1.29 is 9.84 Å². The minimum atomic E-state index is -0.814. The molecule has 0 spiro atoms. The number of ether oxygens (including phenoxy) is 1. The lowest BCUT2D eigenvalue weighted by Gasteiger charge is -2.55. The molecule has 2 saturated carbocycles. The number of hydrogen-bond donors (Lipinski definition) is 1. The largest absolute Gasteiger partial charge is 0.388 e. The van der Waals surface area contributed by atoms with E-state index in [4.69, 9.17) is 4.74 Å². The number of aliphatic hydroxyl groups is 1. The van der Waals surface area contributed by atoms with Gasteiger partial charge in [0.25, 0.3) is 0 Å². The van der Waals surface area contributed by atoms with Gasteiger partial charge in [-0.25, -0.2) is 0 Å². The van der Waals surface area contributed by atoms with E-state index in [0.717, 1.165) is 25.7 Å². The number of methoxy groups -OCH3 is 1. The Morgan fingerprint density at radius 3 is 2.11 bits per heavy atom. The van der Waals surface area contributed by atoms with Gasteiger partial charge in [-0.2, -0.15) is 5.26 Å². The molecule has 0 saturated heterocycles. The van der Waals surface area contributed by atoms with Crippen LogP contribution in [0.3, 0.4) is 0 Å². The predicted octanol–water partition coefficient (Wildman–Crippen LogP) is 3.27. The molecule has 19 heavy (non-hydrogen) atoms. The fraction of sp³-hybridized carbons (Fsp3) is 0.938. The molecule has 2 fully saturated rings. The fourth-order valence-electron chi connectivity index (χ4n) is 3.91. The zero-order valence-electron chi connectivity index (χ0n) is 12.7. The highest BCUT2D eigenvalue weighted by molar-refractivity contribution is 5.18. The third-order valence-corrected chi connectivity index (χ3v) is 5.63. The van der Waals surface area contributed by atoms with E-state index in [1.54, 1.807) is 7.11 Å². The van der Waals surface area contributed by atoms with E-state index in [2.05, 4.69) is 26.8 Å². The van der Waals surface area contributed by atoms with Crippen LogP contribution in [0.1, 0.15) is 59.3 Å². The van der Waals surface area contributed by atoms with E-state index in [9.17, 15) is 10.4 Å². The summed E-state index contributed by atoms with van der Waals surface area (Å²) >= 11 is 0. The lowest BCUT2D eigenvalue weighted by Crippen LogP contribution is -2.60. The Kier molecular flexibility index (Phi) is 3.70. The molecule has 0 amide bonds. The maximum Gasteiger partial charge on any atom is 0.0882 e. The summed E-state index contributed by atoms with van der Waals surface area (Å²) in [6.07, 6.45) is 5.15. The fourth-order valence-corrected chi connectivity index (χ4v) is 3.91. The Morgan fingerprint density at radius 1 is 1.21 bits per heavy atom. The first-order valence-corrected chi connectivity index (χ1v) is 7.43. The molecule has 0 aromatic heterocycles. The Labute approximate surface area is 117 Å². The average Bonchev–Trinajstić information content (AvgIpc) is 2.33. The van der Waals surface area contributed by atoms with E-state index in [1.807, 2.05) is 0 Å². The van der Waals surface area contributed by atoms with Gasteiger partial charge in [0.05, 0.1) is 23.2 Å². The first-order chi connectivity index (χ1) is 8.76. The molecule has 0 atom stereocenters. The van der Waals surface area contributed by atoms with Crippen LogP contribution in [-0.4, -0.2) is 23.9 Å². The van der Waals surface area contributed by atoms with Crippen LogP contribution in [0.5, 0.6) is 0 Å². The lowest BCUT2D eigenvalue weighted by atomic mass is 9.53. The van der Waals surface area contributed by atoms with E-state index in [0.29, 0.717) is 24.2 Å². The summed E-state index contributed by atoms with van der Waals surface area (Å²) in [5, 5.41) is 20.4. The molecule has 0 unspecified atom stereocenters. The van der Waals surface area contributed by atoms with Gasteiger partial charge >= 0.3 is 0 Å². The molecule has 2 rings (SSSR count). The van der Waals surface area contributed by atoms with E-state index in [1.165, 1.54) is 0 Å². The molecule has 0 radical (unpaired) electrons. The van der Waals surface area contributed by atoms with Gasteiger partial charge in [0.2, 0.25) is 0 Å². The third-order valence-electron chi connectivity index (χ3n) is 5.63. The van der Waals surface area contributed by atoms with Crippen molar-refractivity contribution in [3.05, 3.63) is 0 Å². The topological polar surface area (TPSA) is 53.2 Å². The smallest absolute Gasteiger partial charge is 0.0882 e. The highest BCUT2D eigenvalue weighted by Gasteiger charge is 2.59. The number of nitrogens with zero attached hydrogens (tertiary/aromatic N) is 1. The van der Waals surface area contributed by atoms with Gasteiger partial charge in [-0.1, -0.05) is 20.8 Å². The van der Waals surface area contributed by atoms with E-state index < -0.39 is 11.0 Å². The van der Waals surface area contributed by atoms with Crippen LogP contribution in [0.4, 0.5) is 0 Å². The SMILES string of the molecule is COC1CC(O)(C2(C#N)CCC(C(C)(C)C)CC2)C1. The van der Waals surface area contributed by atoms with Crippen LogP contribution < -0.4 is 0 Å². The summed E-state index contributed by atoms with van der Waals surface area (Å²) in [6, 6.07) is 2.47. The van der Waals surface area contributed by atoms with Crippen LogP contribution >= 0.6 is 0 Å². The molecule has 3 heteroatoms. The maximum atomic E-state index is 10.8. The molecule has 0 aliphatic heterocycles. The second-order valence-corrected chi connectivity index (χ2v) is 7.63. The van der Waals surface area contributed by atoms with E-state index in [-0.39, 0.29) is 6.10 Å². The molecular formula is C16H27NO2. The van der Waals surface area contributed by atoms with Crippen molar-refractivity contribution in [3.8, 4) is 6.07 Å². The van der Waals surface area contributed by atoms with Crippen molar-refractivity contribution in [2.75, 3.05) is 7.11 Å². The summed E-state index contributed by atoms with van der Waals surface area (Å²) in [5.74, 6) is 0.663. The predicted molar refractivity (Wildman–Crippen MR) is 74.4 cm³/mol. The molecule has 0 aromatic rings. The van der Waals surface area contributed by atoms with Gasteiger partial charge in [0, 0.05) is 20.0 Å².